The second-order valence-electron chi connectivity index (χ2n) is 5.56. The fourth-order valence-electron chi connectivity index (χ4n) is 2.53. The molecule has 1 heterocycles. The molecule has 0 saturated carbocycles. The molecule has 1 atom stereocenters. The number of aliphatic hydroxyl groups is 1. The zero-order valence-electron chi connectivity index (χ0n) is 13.0. The molecule has 0 fully saturated rings. The van der Waals surface area contributed by atoms with Crippen molar-refractivity contribution in [3.63, 3.8) is 0 Å². The lowest BCUT2D eigenvalue weighted by Gasteiger charge is -2.22. The van der Waals surface area contributed by atoms with Gasteiger partial charge in [-0.05, 0) is 36.8 Å². The Balaban J connectivity index is 2.10. The Kier molecular flexibility index (Phi) is 4.34. The van der Waals surface area contributed by atoms with E-state index in [4.69, 9.17) is 23.2 Å². The average molecular weight is 366 g/mol. The topological polar surface area (TPSA) is 50.9 Å². The van der Waals surface area contributed by atoms with E-state index in [0.29, 0.717) is 10.6 Å². The molecule has 2 aromatic carbocycles. The van der Waals surface area contributed by atoms with Gasteiger partial charge in [-0.3, -0.25) is 0 Å². The van der Waals surface area contributed by atoms with Crippen molar-refractivity contribution in [3.05, 3.63) is 69.7 Å². The van der Waals surface area contributed by atoms with E-state index in [2.05, 4.69) is 10.1 Å². The minimum absolute atomic E-state index is 0.105. The summed E-state index contributed by atoms with van der Waals surface area (Å²) < 4.78 is 15.5. The van der Waals surface area contributed by atoms with Crippen LogP contribution in [0.25, 0.3) is 11.4 Å². The number of benzene rings is 2. The lowest BCUT2D eigenvalue weighted by atomic mass is 9.95. The first-order valence-corrected chi connectivity index (χ1v) is 7.90. The molecule has 24 heavy (non-hydrogen) atoms. The highest BCUT2D eigenvalue weighted by Crippen LogP contribution is 2.32. The molecule has 0 bridgehead atoms. The molecule has 0 saturated heterocycles. The van der Waals surface area contributed by atoms with Gasteiger partial charge in [-0.2, -0.15) is 5.10 Å². The molecule has 7 heteroatoms. The van der Waals surface area contributed by atoms with Crippen molar-refractivity contribution in [2.45, 2.75) is 12.5 Å². The third-order valence-electron chi connectivity index (χ3n) is 3.79. The number of nitrogens with zero attached hydrogens (tertiary/aromatic N) is 3. The molecule has 0 aliphatic rings. The Morgan fingerprint density at radius 2 is 1.79 bits per heavy atom. The van der Waals surface area contributed by atoms with Crippen LogP contribution < -0.4 is 0 Å². The molecular formula is C17H14Cl2FN3O. The summed E-state index contributed by atoms with van der Waals surface area (Å²) in [6, 6.07) is 11.1. The monoisotopic (exact) mass is 365 g/mol. The Morgan fingerprint density at radius 1 is 1.12 bits per heavy atom. The van der Waals surface area contributed by atoms with Crippen LogP contribution in [0, 0.1) is 5.82 Å². The predicted octanol–water partition coefficient (Wildman–Crippen LogP) is 4.18. The maximum atomic E-state index is 14.1. The second kappa shape index (κ2) is 6.16. The molecule has 0 amide bonds. The summed E-state index contributed by atoms with van der Waals surface area (Å²) >= 11 is 12.0. The van der Waals surface area contributed by atoms with E-state index in [1.807, 2.05) is 0 Å². The Labute approximate surface area is 148 Å². The van der Waals surface area contributed by atoms with Gasteiger partial charge in [0, 0.05) is 12.1 Å². The van der Waals surface area contributed by atoms with Gasteiger partial charge in [0.25, 0.3) is 0 Å². The van der Waals surface area contributed by atoms with Gasteiger partial charge in [0.05, 0.1) is 10.6 Å². The van der Waals surface area contributed by atoms with Gasteiger partial charge in [-0.1, -0.05) is 41.4 Å². The van der Waals surface area contributed by atoms with Crippen LogP contribution in [0.1, 0.15) is 18.3 Å². The summed E-state index contributed by atoms with van der Waals surface area (Å²) in [5.41, 5.74) is -0.732. The molecular weight excluding hydrogens is 352 g/mol. The fourth-order valence-corrected chi connectivity index (χ4v) is 2.90. The summed E-state index contributed by atoms with van der Waals surface area (Å²) in [6.45, 7) is 1.59. The third kappa shape index (κ3) is 2.90. The first kappa shape index (κ1) is 16.9. The molecule has 0 aliphatic heterocycles. The minimum Gasteiger partial charge on any atom is -0.377 e. The summed E-state index contributed by atoms with van der Waals surface area (Å²) in [4.78, 5) is 4.32. The summed E-state index contributed by atoms with van der Waals surface area (Å²) in [7, 11) is 1.63. The van der Waals surface area contributed by atoms with Crippen molar-refractivity contribution >= 4 is 23.2 Å². The molecule has 124 valence electrons. The normalized spacial score (nSPS) is 13.8. The SMILES string of the molecule is Cn1nc(-c2c(F)cccc2Cl)nc1C(C)(O)c1ccc(Cl)cc1. The van der Waals surface area contributed by atoms with E-state index >= 15 is 0 Å². The van der Waals surface area contributed by atoms with Crippen molar-refractivity contribution in [3.8, 4) is 11.4 Å². The maximum absolute atomic E-state index is 14.1. The molecule has 1 N–H and O–H groups in total. The zero-order valence-corrected chi connectivity index (χ0v) is 14.5. The summed E-state index contributed by atoms with van der Waals surface area (Å²) in [6.07, 6.45) is 0. The zero-order chi connectivity index (χ0) is 17.5. The molecule has 0 aliphatic carbocycles. The van der Waals surface area contributed by atoms with Gasteiger partial charge in [0.2, 0.25) is 0 Å². The third-order valence-corrected chi connectivity index (χ3v) is 4.36. The van der Waals surface area contributed by atoms with Gasteiger partial charge in [0.15, 0.2) is 11.6 Å². The minimum atomic E-state index is -1.43. The molecule has 0 spiro atoms. The van der Waals surface area contributed by atoms with Crippen LogP contribution >= 0.6 is 23.2 Å². The second-order valence-corrected chi connectivity index (χ2v) is 6.40. The number of hydrogen-bond acceptors (Lipinski definition) is 3. The van der Waals surface area contributed by atoms with Crippen molar-refractivity contribution in [1.29, 1.82) is 0 Å². The van der Waals surface area contributed by atoms with Gasteiger partial charge < -0.3 is 5.11 Å². The Hall–Kier alpha value is -1.95. The smallest absolute Gasteiger partial charge is 0.185 e. The van der Waals surface area contributed by atoms with Crippen LogP contribution in [-0.4, -0.2) is 19.9 Å². The number of aryl methyl sites for hydroxylation is 1. The van der Waals surface area contributed by atoms with Crippen molar-refractivity contribution < 1.29 is 9.50 Å². The summed E-state index contributed by atoms with van der Waals surface area (Å²) in [5.74, 6) is -0.144. The highest BCUT2D eigenvalue weighted by molar-refractivity contribution is 6.33. The summed E-state index contributed by atoms with van der Waals surface area (Å²) in [5, 5.41) is 15.9. The number of rotatable bonds is 3. The average Bonchev–Trinajstić information content (AvgIpc) is 2.90. The van der Waals surface area contributed by atoms with Gasteiger partial charge in [-0.15, -0.1) is 0 Å². The molecule has 3 aromatic rings. The molecule has 1 unspecified atom stereocenters. The highest BCUT2D eigenvalue weighted by Gasteiger charge is 2.32. The lowest BCUT2D eigenvalue weighted by molar-refractivity contribution is 0.0880. The van der Waals surface area contributed by atoms with Crippen LogP contribution in [0.3, 0.4) is 0 Å². The van der Waals surface area contributed by atoms with Gasteiger partial charge in [0.1, 0.15) is 11.4 Å². The first-order valence-electron chi connectivity index (χ1n) is 7.15. The molecule has 1 aromatic heterocycles. The van der Waals surface area contributed by atoms with Crippen LogP contribution in [0.15, 0.2) is 42.5 Å². The van der Waals surface area contributed by atoms with E-state index in [1.165, 1.54) is 16.8 Å². The van der Waals surface area contributed by atoms with E-state index in [1.54, 1.807) is 44.3 Å². The van der Waals surface area contributed by atoms with Gasteiger partial charge >= 0.3 is 0 Å². The molecule has 4 nitrogen and oxygen atoms in total. The van der Waals surface area contributed by atoms with Crippen molar-refractivity contribution in [1.82, 2.24) is 14.8 Å². The first-order chi connectivity index (χ1) is 11.3. The van der Waals surface area contributed by atoms with Crippen molar-refractivity contribution in [2.75, 3.05) is 0 Å². The van der Waals surface area contributed by atoms with E-state index < -0.39 is 11.4 Å². The fraction of sp³-hybridized carbons (Fsp3) is 0.176. The van der Waals surface area contributed by atoms with Crippen molar-refractivity contribution in [2.24, 2.45) is 7.05 Å². The predicted molar refractivity (Wildman–Crippen MR) is 91.5 cm³/mol. The van der Waals surface area contributed by atoms with Gasteiger partial charge in [-0.25, -0.2) is 14.1 Å². The lowest BCUT2D eigenvalue weighted by Crippen LogP contribution is -2.27. The maximum Gasteiger partial charge on any atom is 0.185 e. The van der Waals surface area contributed by atoms with Crippen LogP contribution in [0.4, 0.5) is 4.39 Å². The molecule has 3 rings (SSSR count). The number of hydrogen-bond donors (Lipinski definition) is 1. The van der Waals surface area contributed by atoms with E-state index in [0.717, 1.165) is 0 Å². The van der Waals surface area contributed by atoms with E-state index in [9.17, 15) is 9.50 Å². The van der Waals surface area contributed by atoms with Crippen LogP contribution in [0.2, 0.25) is 10.0 Å². The quantitative estimate of drug-likeness (QED) is 0.757. The Bertz CT molecular complexity index is 871. The standard InChI is InChI=1S/C17H14Cl2FN3O/c1-17(24,10-6-8-11(18)9-7-10)16-21-15(22-23(16)2)14-12(19)4-3-5-13(14)20/h3-9,24H,1-2H3. The highest BCUT2D eigenvalue weighted by atomic mass is 35.5. The van der Waals surface area contributed by atoms with Crippen LogP contribution in [-0.2, 0) is 12.6 Å². The van der Waals surface area contributed by atoms with Crippen LogP contribution in [0.5, 0.6) is 0 Å². The van der Waals surface area contributed by atoms with E-state index in [-0.39, 0.29) is 22.2 Å². The Morgan fingerprint density at radius 3 is 2.42 bits per heavy atom. The number of halogens is 3. The largest absolute Gasteiger partial charge is 0.377 e. The number of aromatic nitrogens is 3. The molecule has 0 radical (unpaired) electrons.